The van der Waals surface area contributed by atoms with E-state index in [4.69, 9.17) is 4.74 Å². The number of benzene rings is 1. The second kappa shape index (κ2) is 9.24. The molecule has 0 aliphatic carbocycles. The maximum atomic E-state index is 11.9. The highest BCUT2D eigenvalue weighted by molar-refractivity contribution is 5.38. The number of likely N-dealkylation sites (tertiary alicyclic amines) is 1. The van der Waals surface area contributed by atoms with Crippen molar-refractivity contribution < 1.29 is 4.74 Å². The van der Waals surface area contributed by atoms with Crippen LogP contribution in [0, 0.1) is 0 Å². The summed E-state index contributed by atoms with van der Waals surface area (Å²) < 4.78 is 7.57. The number of hydrogen-bond acceptors (Lipinski definition) is 3. The van der Waals surface area contributed by atoms with Gasteiger partial charge in [-0.3, -0.25) is 9.69 Å². The zero-order valence-electron chi connectivity index (χ0n) is 17.4. The minimum absolute atomic E-state index is 0.0818. The fraction of sp³-hybridized carbons (Fsp3) is 0.458. The molecule has 0 amide bonds. The molecule has 1 aliphatic heterocycles. The van der Waals surface area contributed by atoms with Crippen molar-refractivity contribution in [1.29, 1.82) is 0 Å². The Morgan fingerprint density at radius 2 is 1.96 bits per heavy atom. The van der Waals surface area contributed by atoms with E-state index in [1.54, 1.807) is 17.7 Å². The number of ether oxygens (including phenoxy) is 1. The van der Waals surface area contributed by atoms with Gasteiger partial charge in [0, 0.05) is 25.9 Å². The van der Waals surface area contributed by atoms with Gasteiger partial charge < -0.3 is 9.30 Å². The molecule has 1 fully saturated rings. The summed E-state index contributed by atoms with van der Waals surface area (Å²) >= 11 is 0. The fourth-order valence-electron chi connectivity index (χ4n) is 3.92. The van der Waals surface area contributed by atoms with Gasteiger partial charge in [-0.2, -0.15) is 0 Å². The van der Waals surface area contributed by atoms with Crippen molar-refractivity contribution in [2.45, 2.75) is 51.7 Å². The summed E-state index contributed by atoms with van der Waals surface area (Å²) in [6, 6.07) is 10.4. The minimum atomic E-state index is 0.0818. The first-order valence-corrected chi connectivity index (χ1v) is 10.2. The van der Waals surface area contributed by atoms with E-state index in [9.17, 15) is 4.79 Å². The van der Waals surface area contributed by atoms with Crippen LogP contribution >= 0.6 is 0 Å². The van der Waals surface area contributed by atoms with Gasteiger partial charge in [0.05, 0.1) is 6.10 Å². The van der Waals surface area contributed by atoms with Gasteiger partial charge in [0.2, 0.25) is 0 Å². The van der Waals surface area contributed by atoms with Crippen LogP contribution in [0.15, 0.2) is 54.0 Å². The van der Waals surface area contributed by atoms with Gasteiger partial charge >= 0.3 is 0 Å². The molecule has 1 aliphatic rings. The molecule has 0 bridgehead atoms. The first-order chi connectivity index (χ1) is 13.5. The highest BCUT2D eigenvalue weighted by Gasteiger charge is 2.21. The highest BCUT2D eigenvalue weighted by atomic mass is 16.5. The molecule has 3 rings (SSSR count). The molecular formula is C24H32N2O2. The van der Waals surface area contributed by atoms with E-state index in [0.29, 0.717) is 5.92 Å². The molecule has 0 radical (unpaired) electrons. The van der Waals surface area contributed by atoms with Crippen molar-refractivity contribution >= 4 is 0 Å². The lowest BCUT2D eigenvalue weighted by molar-refractivity contribution is 0.204. The molecule has 0 saturated carbocycles. The Morgan fingerprint density at radius 3 is 2.61 bits per heavy atom. The topological polar surface area (TPSA) is 34.5 Å². The number of aromatic nitrogens is 1. The molecule has 1 saturated heterocycles. The van der Waals surface area contributed by atoms with E-state index in [2.05, 4.69) is 49.6 Å². The third-order valence-electron chi connectivity index (χ3n) is 5.45. The molecule has 1 aromatic heterocycles. The van der Waals surface area contributed by atoms with Gasteiger partial charge in [0.1, 0.15) is 5.75 Å². The second-order valence-corrected chi connectivity index (χ2v) is 8.06. The van der Waals surface area contributed by atoms with Crippen LogP contribution in [0.4, 0.5) is 0 Å². The third kappa shape index (κ3) is 5.14. The van der Waals surface area contributed by atoms with Gasteiger partial charge in [-0.25, -0.2) is 0 Å². The second-order valence-electron chi connectivity index (χ2n) is 8.06. The molecule has 0 unspecified atom stereocenters. The number of aryl methyl sites for hydroxylation is 1. The van der Waals surface area contributed by atoms with Crippen LogP contribution in [-0.2, 0) is 20.0 Å². The minimum Gasteiger partial charge on any atom is -0.491 e. The third-order valence-corrected chi connectivity index (χ3v) is 5.45. The summed E-state index contributed by atoms with van der Waals surface area (Å²) in [6.45, 7) is 11.1. The van der Waals surface area contributed by atoms with Gasteiger partial charge in [-0.1, -0.05) is 18.2 Å². The lowest BCUT2D eigenvalue weighted by Gasteiger charge is -2.32. The molecule has 2 heterocycles. The zero-order valence-corrected chi connectivity index (χ0v) is 17.4. The van der Waals surface area contributed by atoms with Crippen molar-refractivity contribution in [1.82, 2.24) is 9.47 Å². The Bertz CT molecular complexity index is 861. The van der Waals surface area contributed by atoms with Crippen LogP contribution < -0.4 is 10.3 Å². The molecule has 0 N–H and O–H groups in total. The van der Waals surface area contributed by atoms with E-state index in [-0.39, 0.29) is 11.7 Å². The predicted octanol–water partition coefficient (Wildman–Crippen LogP) is 4.28. The SMILES string of the molecule is C=CCc1cc(CN2CCC(c3ccn(C)c(=O)c3)CC2)ccc1OC(C)C. The van der Waals surface area contributed by atoms with Crippen LogP contribution in [0.5, 0.6) is 5.75 Å². The number of piperidine rings is 1. The number of nitrogens with zero attached hydrogens (tertiary/aromatic N) is 2. The van der Waals surface area contributed by atoms with Crippen LogP contribution in [0.2, 0.25) is 0 Å². The summed E-state index contributed by atoms with van der Waals surface area (Å²) in [5.41, 5.74) is 3.79. The summed E-state index contributed by atoms with van der Waals surface area (Å²) in [4.78, 5) is 14.4. The van der Waals surface area contributed by atoms with Gasteiger partial charge in [0.25, 0.3) is 5.56 Å². The molecular weight excluding hydrogens is 348 g/mol. The van der Waals surface area contributed by atoms with Crippen molar-refractivity contribution in [3.05, 3.63) is 76.2 Å². The number of hydrogen-bond donors (Lipinski definition) is 0. The average molecular weight is 381 g/mol. The van der Waals surface area contributed by atoms with E-state index < -0.39 is 0 Å². The summed E-state index contributed by atoms with van der Waals surface area (Å²) in [6.07, 6.45) is 7.00. The Hall–Kier alpha value is -2.33. The summed E-state index contributed by atoms with van der Waals surface area (Å²) in [5, 5.41) is 0. The zero-order chi connectivity index (χ0) is 20.1. The van der Waals surface area contributed by atoms with E-state index >= 15 is 0 Å². The number of rotatable bonds is 7. The monoisotopic (exact) mass is 380 g/mol. The van der Waals surface area contributed by atoms with E-state index in [1.165, 1.54) is 16.7 Å². The molecule has 2 aromatic rings. The first kappa shape index (κ1) is 20.4. The predicted molar refractivity (Wildman–Crippen MR) is 115 cm³/mol. The Balaban J connectivity index is 1.62. The lowest BCUT2D eigenvalue weighted by atomic mass is 9.90. The van der Waals surface area contributed by atoms with Crippen LogP contribution in [0.1, 0.15) is 49.3 Å². The Morgan fingerprint density at radius 1 is 1.21 bits per heavy atom. The molecule has 150 valence electrons. The normalized spacial score (nSPS) is 15.7. The first-order valence-electron chi connectivity index (χ1n) is 10.2. The van der Waals surface area contributed by atoms with E-state index in [1.807, 2.05) is 12.3 Å². The molecule has 0 atom stereocenters. The summed E-state index contributed by atoms with van der Waals surface area (Å²) in [7, 11) is 1.80. The smallest absolute Gasteiger partial charge is 0.250 e. The largest absolute Gasteiger partial charge is 0.491 e. The van der Waals surface area contributed by atoms with Gasteiger partial charge in [-0.15, -0.1) is 6.58 Å². The van der Waals surface area contributed by atoms with Crippen molar-refractivity contribution in [2.75, 3.05) is 13.1 Å². The van der Waals surface area contributed by atoms with Crippen molar-refractivity contribution in [2.24, 2.45) is 7.05 Å². The van der Waals surface area contributed by atoms with Crippen LogP contribution in [0.25, 0.3) is 0 Å². The number of allylic oxidation sites excluding steroid dienone is 1. The van der Waals surface area contributed by atoms with Crippen LogP contribution in [0.3, 0.4) is 0 Å². The highest BCUT2D eigenvalue weighted by Crippen LogP contribution is 2.29. The van der Waals surface area contributed by atoms with Gasteiger partial charge in [0.15, 0.2) is 0 Å². The maximum Gasteiger partial charge on any atom is 0.250 e. The Labute approximate surface area is 168 Å². The van der Waals surface area contributed by atoms with Crippen molar-refractivity contribution in [3.63, 3.8) is 0 Å². The van der Waals surface area contributed by atoms with Crippen molar-refractivity contribution in [3.8, 4) is 5.75 Å². The lowest BCUT2D eigenvalue weighted by Crippen LogP contribution is -2.33. The summed E-state index contributed by atoms with van der Waals surface area (Å²) in [5.74, 6) is 1.45. The van der Waals surface area contributed by atoms with Gasteiger partial charge in [-0.05, 0) is 80.9 Å². The molecule has 28 heavy (non-hydrogen) atoms. The molecule has 0 spiro atoms. The standard InChI is InChI=1S/C24H32N2O2/c1-5-6-22-15-19(7-8-23(22)28-18(2)3)17-26-13-10-20(11-14-26)21-9-12-25(4)24(27)16-21/h5,7-9,12,15-16,18,20H,1,6,10-11,13-14,17H2,2-4H3. The molecule has 4 heteroatoms. The average Bonchev–Trinajstić information content (AvgIpc) is 2.67. The molecule has 4 nitrogen and oxygen atoms in total. The van der Waals surface area contributed by atoms with Crippen LogP contribution in [-0.4, -0.2) is 28.7 Å². The maximum absolute atomic E-state index is 11.9. The fourth-order valence-corrected chi connectivity index (χ4v) is 3.92. The molecule has 1 aromatic carbocycles. The number of pyridine rings is 1. The van der Waals surface area contributed by atoms with E-state index in [0.717, 1.165) is 44.6 Å². The quantitative estimate of drug-likeness (QED) is 0.673. The Kier molecular flexibility index (Phi) is 6.74.